The van der Waals surface area contributed by atoms with Crippen molar-refractivity contribution >= 4 is 43.8 Å². The van der Waals surface area contributed by atoms with Gasteiger partial charge >= 0.3 is 0 Å². The Hall–Kier alpha value is -3.62. The van der Waals surface area contributed by atoms with E-state index in [2.05, 4.69) is 15.1 Å². The maximum Gasteiger partial charge on any atom is 0.254 e. The summed E-state index contributed by atoms with van der Waals surface area (Å²) in [4.78, 5) is 24.2. The molecular weight excluding hydrogens is 477 g/mol. The molecule has 0 aliphatic carbocycles. The zero-order chi connectivity index (χ0) is 26.6. The van der Waals surface area contributed by atoms with Gasteiger partial charge in [0.05, 0.1) is 28.5 Å². The number of carbonyl (C=O) groups is 1. The summed E-state index contributed by atoms with van der Waals surface area (Å²) in [5.74, 6) is -4.25. The molecule has 1 amide bonds. The number of aromatic nitrogens is 4. The summed E-state index contributed by atoms with van der Waals surface area (Å²) in [6.45, 7) is 3.93. The Kier molecular flexibility index (Phi) is 6.33. The van der Waals surface area contributed by atoms with Gasteiger partial charge in [0, 0.05) is 29.8 Å². The Bertz CT molecular complexity index is 1530. The van der Waals surface area contributed by atoms with E-state index in [1.807, 2.05) is 18.7 Å². The monoisotopic (exact) mass is 499 g/mol. The summed E-state index contributed by atoms with van der Waals surface area (Å²) in [5, 5.41) is 4.66. The first kappa shape index (κ1) is 25.0. The van der Waals surface area contributed by atoms with Crippen LogP contribution in [0.2, 0.25) is 0 Å². The van der Waals surface area contributed by atoms with Gasteiger partial charge in [0.15, 0.2) is 17.5 Å². The van der Waals surface area contributed by atoms with Crippen molar-refractivity contribution in [1.82, 2.24) is 24.6 Å². The lowest BCUT2D eigenvalue weighted by atomic mass is 9.87. The van der Waals surface area contributed by atoms with E-state index in [0.717, 1.165) is 17.7 Å². The largest absolute Gasteiger partial charge is 0.327 e. The van der Waals surface area contributed by atoms with Crippen molar-refractivity contribution < 1.29 is 18.0 Å². The molecule has 11 heteroatoms. The standard InChI is InChI=1S/C26H22B2F3N5O/c1-4-14-11-15-22(34-35(3)23(15)13-8-16(29)21(31)17(30)9-13)20(5-2)36(14)26(37)12-6-7-18-19(10-12)33-25(28)24(27)32-18/h6-10,14,20H,4-5,11H2,1-3H3. The van der Waals surface area contributed by atoms with E-state index in [-0.39, 0.29) is 34.7 Å². The summed E-state index contributed by atoms with van der Waals surface area (Å²) in [5.41, 5.74) is 3.77. The van der Waals surface area contributed by atoms with E-state index in [9.17, 15) is 18.0 Å². The van der Waals surface area contributed by atoms with Crippen LogP contribution in [-0.4, -0.2) is 52.3 Å². The number of halogens is 3. The highest BCUT2D eigenvalue weighted by Gasteiger charge is 2.40. The van der Waals surface area contributed by atoms with E-state index in [0.29, 0.717) is 47.2 Å². The quantitative estimate of drug-likeness (QED) is 0.320. The molecule has 4 aromatic rings. The Balaban J connectivity index is 1.59. The van der Waals surface area contributed by atoms with Crippen LogP contribution in [0, 0.1) is 17.5 Å². The Labute approximate surface area is 214 Å². The van der Waals surface area contributed by atoms with Crippen LogP contribution in [-0.2, 0) is 13.5 Å². The Morgan fingerprint density at radius 3 is 2.27 bits per heavy atom. The van der Waals surface area contributed by atoms with Gasteiger partial charge in [0.25, 0.3) is 5.91 Å². The molecule has 0 spiro atoms. The van der Waals surface area contributed by atoms with Crippen LogP contribution < -0.4 is 11.2 Å². The number of hydrogen-bond acceptors (Lipinski definition) is 4. The lowest BCUT2D eigenvalue weighted by molar-refractivity contribution is 0.0513. The van der Waals surface area contributed by atoms with Gasteiger partial charge in [-0.3, -0.25) is 19.4 Å². The minimum atomic E-state index is -1.51. The molecule has 1 aliphatic rings. The molecule has 6 nitrogen and oxygen atoms in total. The number of amides is 1. The van der Waals surface area contributed by atoms with Crippen LogP contribution in [0.15, 0.2) is 30.3 Å². The highest BCUT2D eigenvalue weighted by molar-refractivity contribution is 6.46. The first-order chi connectivity index (χ1) is 17.6. The molecule has 4 radical (unpaired) electrons. The number of aryl methyl sites for hydroxylation is 1. The number of fused-ring (bicyclic) bond motifs is 2. The van der Waals surface area contributed by atoms with Gasteiger partial charge in [-0.25, -0.2) is 13.2 Å². The molecule has 37 heavy (non-hydrogen) atoms. The summed E-state index contributed by atoms with van der Waals surface area (Å²) >= 11 is 0. The third-order valence-electron chi connectivity index (χ3n) is 6.98. The third-order valence-corrected chi connectivity index (χ3v) is 6.98. The number of rotatable bonds is 4. The van der Waals surface area contributed by atoms with Gasteiger partial charge < -0.3 is 4.90 Å². The molecule has 2 unspecified atom stereocenters. The summed E-state index contributed by atoms with van der Waals surface area (Å²) in [7, 11) is 13.2. The molecule has 0 saturated carbocycles. The highest BCUT2D eigenvalue weighted by atomic mass is 19.2. The zero-order valence-electron chi connectivity index (χ0n) is 20.6. The molecule has 0 N–H and O–H groups in total. The second-order valence-electron chi connectivity index (χ2n) is 9.19. The second kappa shape index (κ2) is 9.36. The molecule has 0 bridgehead atoms. The molecule has 5 rings (SSSR count). The van der Waals surface area contributed by atoms with Crippen molar-refractivity contribution in [3.05, 3.63) is 64.6 Å². The lowest BCUT2D eigenvalue weighted by Crippen LogP contribution is -2.47. The molecule has 184 valence electrons. The smallest absolute Gasteiger partial charge is 0.254 e. The van der Waals surface area contributed by atoms with Crippen LogP contribution in [0.5, 0.6) is 0 Å². The predicted octanol–water partition coefficient (Wildman–Crippen LogP) is 2.96. The van der Waals surface area contributed by atoms with Gasteiger partial charge in [0.1, 0.15) is 15.7 Å². The van der Waals surface area contributed by atoms with E-state index in [4.69, 9.17) is 15.7 Å². The fraction of sp³-hybridized carbons (Fsp3) is 0.308. The molecule has 0 saturated heterocycles. The van der Waals surface area contributed by atoms with Crippen molar-refractivity contribution in [3.8, 4) is 11.3 Å². The topological polar surface area (TPSA) is 63.9 Å². The second-order valence-corrected chi connectivity index (χ2v) is 9.19. The highest BCUT2D eigenvalue weighted by Crippen LogP contribution is 2.41. The van der Waals surface area contributed by atoms with Gasteiger partial charge in [-0.1, -0.05) is 13.8 Å². The molecular formula is C26H22B2F3N5O. The minimum Gasteiger partial charge on any atom is -0.327 e. The van der Waals surface area contributed by atoms with E-state index < -0.39 is 17.5 Å². The van der Waals surface area contributed by atoms with Gasteiger partial charge in [-0.15, -0.1) is 0 Å². The summed E-state index contributed by atoms with van der Waals surface area (Å²) in [6, 6.07) is 6.36. The number of benzene rings is 2. The minimum absolute atomic E-state index is 0.0901. The molecule has 2 aromatic carbocycles. The van der Waals surface area contributed by atoms with Crippen LogP contribution >= 0.6 is 0 Å². The normalized spacial score (nSPS) is 17.3. The number of carbonyl (C=O) groups excluding carboxylic acids is 1. The Morgan fingerprint density at radius 1 is 1.00 bits per heavy atom. The molecule has 1 aliphatic heterocycles. The average Bonchev–Trinajstić information content (AvgIpc) is 3.21. The van der Waals surface area contributed by atoms with Crippen LogP contribution in [0.4, 0.5) is 13.2 Å². The lowest BCUT2D eigenvalue weighted by Gasteiger charge is -2.41. The first-order valence-electron chi connectivity index (χ1n) is 12.0. The maximum absolute atomic E-state index is 14.1. The molecule has 0 fully saturated rings. The van der Waals surface area contributed by atoms with E-state index in [1.54, 1.807) is 29.9 Å². The predicted molar refractivity (Wildman–Crippen MR) is 136 cm³/mol. The fourth-order valence-electron chi connectivity index (χ4n) is 5.23. The molecule has 2 atom stereocenters. The van der Waals surface area contributed by atoms with Crippen molar-refractivity contribution in [3.63, 3.8) is 0 Å². The van der Waals surface area contributed by atoms with Gasteiger partial charge in [-0.05, 0) is 60.8 Å². The van der Waals surface area contributed by atoms with Crippen molar-refractivity contribution in [1.29, 1.82) is 0 Å². The molecule has 2 aromatic heterocycles. The van der Waals surface area contributed by atoms with E-state index in [1.165, 1.54) is 0 Å². The first-order valence-corrected chi connectivity index (χ1v) is 12.0. The van der Waals surface area contributed by atoms with Gasteiger partial charge in [-0.2, -0.15) is 5.10 Å². The average molecular weight is 499 g/mol. The van der Waals surface area contributed by atoms with Crippen molar-refractivity contribution in [2.75, 3.05) is 0 Å². The Morgan fingerprint density at radius 2 is 1.65 bits per heavy atom. The van der Waals surface area contributed by atoms with Gasteiger partial charge in [0.2, 0.25) is 0 Å². The number of nitrogens with zero attached hydrogens (tertiary/aromatic N) is 5. The fourth-order valence-corrected chi connectivity index (χ4v) is 5.23. The maximum atomic E-state index is 14.1. The molecule has 3 heterocycles. The van der Waals surface area contributed by atoms with Crippen LogP contribution in [0.25, 0.3) is 22.3 Å². The number of hydrogen-bond donors (Lipinski definition) is 0. The van der Waals surface area contributed by atoms with Crippen LogP contribution in [0.1, 0.15) is 54.3 Å². The summed E-state index contributed by atoms with van der Waals surface area (Å²) < 4.78 is 43.3. The van der Waals surface area contributed by atoms with E-state index >= 15 is 0 Å². The van der Waals surface area contributed by atoms with Crippen LogP contribution in [0.3, 0.4) is 0 Å². The van der Waals surface area contributed by atoms with Crippen molar-refractivity contribution in [2.45, 2.75) is 45.2 Å². The zero-order valence-corrected chi connectivity index (χ0v) is 20.6. The third kappa shape index (κ3) is 4.10. The summed E-state index contributed by atoms with van der Waals surface area (Å²) in [6.07, 6.45) is 1.63. The van der Waals surface area contributed by atoms with Crippen molar-refractivity contribution in [2.24, 2.45) is 7.05 Å². The SMILES string of the molecule is [B]c1nc2ccc(C(=O)N3C(CC)Cc4c(nn(C)c4-c4cc(F)c(F)c(F)c4)C3CC)cc2nc1[B].